The van der Waals surface area contributed by atoms with E-state index in [-0.39, 0.29) is 13.2 Å². The van der Waals surface area contributed by atoms with E-state index >= 15 is 0 Å². The smallest absolute Gasteiger partial charge is 0.264 e. The molecule has 0 aliphatic rings. The minimum absolute atomic E-state index is 0.0385. The standard InChI is InChI=1S/C18H36O6S/c1-3-4-5-6-7-8-9-10-11-12-21-13-14-22-15-16-23-17-18-24-25(2,19)20/h3H,1,4-18H2,2H3. The molecule has 0 heterocycles. The third-order valence-electron chi connectivity index (χ3n) is 3.47. The van der Waals surface area contributed by atoms with Gasteiger partial charge in [0.1, 0.15) is 0 Å². The van der Waals surface area contributed by atoms with E-state index in [9.17, 15) is 8.42 Å². The molecule has 0 saturated carbocycles. The molecular weight excluding hydrogens is 344 g/mol. The Labute approximate surface area is 154 Å². The van der Waals surface area contributed by atoms with E-state index in [1.54, 1.807) is 0 Å². The number of rotatable bonds is 20. The fourth-order valence-corrected chi connectivity index (χ4v) is 2.53. The summed E-state index contributed by atoms with van der Waals surface area (Å²) < 4.78 is 42.0. The molecule has 0 bridgehead atoms. The van der Waals surface area contributed by atoms with Crippen LogP contribution in [0, 0.1) is 0 Å². The first-order valence-corrected chi connectivity index (χ1v) is 11.1. The average molecular weight is 381 g/mol. The molecule has 0 fully saturated rings. The SMILES string of the molecule is C=CCCCCCCCCCOCCOCCOCCOS(C)(=O)=O. The topological polar surface area (TPSA) is 71.1 Å². The van der Waals surface area contributed by atoms with Crippen LogP contribution in [0.1, 0.15) is 51.4 Å². The van der Waals surface area contributed by atoms with E-state index in [2.05, 4.69) is 10.8 Å². The summed E-state index contributed by atoms with van der Waals surface area (Å²) in [6, 6.07) is 0. The molecule has 0 aromatic carbocycles. The highest BCUT2D eigenvalue weighted by molar-refractivity contribution is 7.85. The summed E-state index contributed by atoms with van der Waals surface area (Å²) in [5.41, 5.74) is 0. The normalized spacial score (nSPS) is 11.7. The molecule has 0 amide bonds. The highest BCUT2D eigenvalue weighted by atomic mass is 32.2. The van der Waals surface area contributed by atoms with Crippen LogP contribution in [0.15, 0.2) is 12.7 Å². The Hall–Kier alpha value is -0.470. The minimum Gasteiger partial charge on any atom is -0.379 e. The summed E-state index contributed by atoms with van der Waals surface area (Å²) in [4.78, 5) is 0. The number of ether oxygens (including phenoxy) is 3. The number of allylic oxidation sites excluding steroid dienone is 1. The summed E-state index contributed by atoms with van der Waals surface area (Å²) in [6.45, 7) is 6.82. The van der Waals surface area contributed by atoms with Crippen LogP contribution in [0.3, 0.4) is 0 Å². The predicted molar refractivity (Wildman–Crippen MR) is 100 cm³/mol. The zero-order chi connectivity index (χ0) is 18.6. The van der Waals surface area contributed by atoms with Gasteiger partial charge in [-0.2, -0.15) is 8.42 Å². The molecule has 7 heteroatoms. The largest absolute Gasteiger partial charge is 0.379 e. The van der Waals surface area contributed by atoms with Gasteiger partial charge in [0, 0.05) is 6.61 Å². The summed E-state index contributed by atoms with van der Waals surface area (Å²) in [7, 11) is -3.38. The van der Waals surface area contributed by atoms with Crippen LogP contribution < -0.4 is 0 Å². The van der Waals surface area contributed by atoms with Crippen molar-refractivity contribution in [3.63, 3.8) is 0 Å². The lowest BCUT2D eigenvalue weighted by Crippen LogP contribution is -2.13. The first-order chi connectivity index (χ1) is 12.1. The highest BCUT2D eigenvalue weighted by Gasteiger charge is 2.00. The van der Waals surface area contributed by atoms with E-state index in [0.29, 0.717) is 26.4 Å². The van der Waals surface area contributed by atoms with Gasteiger partial charge in [-0.3, -0.25) is 4.18 Å². The van der Waals surface area contributed by atoms with Crippen LogP contribution in [-0.4, -0.2) is 60.9 Å². The van der Waals surface area contributed by atoms with Crippen LogP contribution in [0.2, 0.25) is 0 Å². The van der Waals surface area contributed by atoms with Crippen LogP contribution in [-0.2, 0) is 28.5 Å². The summed E-state index contributed by atoms with van der Waals surface area (Å²) >= 11 is 0. The molecule has 0 atom stereocenters. The molecule has 0 N–H and O–H groups in total. The Morgan fingerprint density at radius 3 is 1.64 bits per heavy atom. The monoisotopic (exact) mass is 380 g/mol. The minimum atomic E-state index is -3.38. The molecule has 0 aromatic rings. The molecule has 0 aromatic heterocycles. The zero-order valence-corrected chi connectivity index (χ0v) is 16.6. The second kappa shape index (κ2) is 18.3. The van der Waals surface area contributed by atoms with Gasteiger partial charge in [0.2, 0.25) is 0 Å². The van der Waals surface area contributed by atoms with Crippen LogP contribution in [0.4, 0.5) is 0 Å². The first kappa shape index (κ1) is 24.5. The van der Waals surface area contributed by atoms with E-state index in [0.717, 1.165) is 25.7 Å². The molecule has 0 spiro atoms. The van der Waals surface area contributed by atoms with Gasteiger partial charge >= 0.3 is 0 Å². The lowest BCUT2D eigenvalue weighted by Gasteiger charge is -2.07. The van der Waals surface area contributed by atoms with Gasteiger partial charge in [-0.1, -0.05) is 38.2 Å². The van der Waals surface area contributed by atoms with Gasteiger partial charge < -0.3 is 14.2 Å². The maximum atomic E-state index is 10.7. The molecule has 6 nitrogen and oxygen atoms in total. The van der Waals surface area contributed by atoms with Gasteiger partial charge in [-0.05, 0) is 19.3 Å². The Morgan fingerprint density at radius 1 is 0.680 bits per heavy atom. The second-order valence-electron chi connectivity index (χ2n) is 5.92. The van der Waals surface area contributed by atoms with Crippen molar-refractivity contribution in [3.05, 3.63) is 12.7 Å². The molecule has 0 aliphatic heterocycles. The van der Waals surface area contributed by atoms with Gasteiger partial charge in [-0.25, -0.2) is 0 Å². The quantitative estimate of drug-likeness (QED) is 0.183. The number of unbranched alkanes of at least 4 members (excludes halogenated alkanes) is 7. The van der Waals surface area contributed by atoms with Crippen molar-refractivity contribution in [2.24, 2.45) is 0 Å². The van der Waals surface area contributed by atoms with Crippen molar-refractivity contribution < 1.29 is 26.8 Å². The van der Waals surface area contributed by atoms with Crippen molar-refractivity contribution in [3.8, 4) is 0 Å². The zero-order valence-electron chi connectivity index (χ0n) is 15.7. The highest BCUT2D eigenvalue weighted by Crippen LogP contribution is 2.08. The molecule has 25 heavy (non-hydrogen) atoms. The van der Waals surface area contributed by atoms with E-state index < -0.39 is 10.1 Å². The maximum absolute atomic E-state index is 10.7. The fourth-order valence-electron chi connectivity index (χ4n) is 2.16. The molecule has 150 valence electrons. The van der Waals surface area contributed by atoms with Crippen molar-refractivity contribution >= 4 is 10.1 Å². The third kappa shape index (κ3) is 23.5. The first-order valence-electron chi connectivity index (χ1n) is 9.25. The Kier molecular flexibility index (Phi) is 18.0. The van der Waals surface area contributed by atoms with Crippen LogP contribution in [0.5, 0.6) is 0 Å². The van der Waals surface area contributed by atoms with Crippen molar-refractivity contribution in [2.75, 3.05) is 52.5 Å². The Bertz CT molecular complexity index is 383. The predicted octanol–water partition coefficient (Wildman–Crippen LogP) is 3.32. The molecular formula is C18H36O6S. The van der Waals surface area contributed by atoms with E-state index in [4.69, 9.17) is 14.2 Å². The summed E-state index contributed by atoms with van der Waals surface area (Å²) in [5.74, 6) is 0. The van der Waals surface area contributed by atoms with Crippen molar-refractivity contribution in [1.29, 1.82) is 0 Å². The molecule has 0 radical (unpaired) electrons. The molecule has 0 saturated heterocycles. The summed E-state index contributed by atoms with van der Waals surface area (Å²) in [5, 5.41) is 0. The van der Waals surface area contributed by atoms with Crippen molar-refractivity contribution in [2.45, 2.75) is 51.4 Å². The Morgan fingerprint density at radius 2 is 1.12 bits per heavy atom. The molecule has 0 rings (SSSR count). The third-order valence-corrected chi connectivity index (χ3v) is 4.06. The number of hydrogen-bond acceptors (Lipinski definition) is 6. The van der Waals surface area contributed by atoms with Gasteiger partial charge in [0.05, 0.1) is 45.9 Å². The van der Waals surface area contributed by atoms with Crippen LogP contribution in [0.25, 0.3) is 0 Å². The lowest BCUT2D eigenvalue weighted by molar-refractivity contribution is 0.00916. The molecule has 0 aliphatic carbocycles. The Balaban J connectivity index is 3.04. The fraction of sp³-hybridized carbons (Fsp3) is 0.889. The van der Waals surface area contributed by atoms with Gasteiger partial charge in [0.15, 0.2) is 0 Å². The molecule has 0 unspecified atom stereocenters. The average Bonchev–Trinajstić information content (AvgIpc) is 2.56. The summed E-state index contributed by atoms with van der Waals surface area (Å²) in [6.07, 6.45) is 13.0. The number of hydrogen-bond donors (Lipinski definition) is 0. The van der Waals surface area contributed by atoms with E-state index in [1.165, 1.54) is 38.5 Å². The van der Waals surface area contributed by atoms with Crippen LogP contribution >= 0.6 is 0 Å². The van der Waals surface area contributed by atoms with Gasteiger partial charge in [0.25, 0.3) is 10.1 Å². The van der Waals surface area contributed by atoms with E-state index in [1.807, 2.05) is 6.08 Å². The maximum Gasteiger partial charge on any atom is 0.264 e. The second-order valence-corrected chi connectivity index (χ2v) is 7.56. The van der Waals surface area contributed by atoms with Gasteiger partial charge in [-0.15, -0.1) is 6.58 Å². The van der Waals surface area contributed by atoms with Crippen molar-refractivity contribution in [1.82, 2.24) is 0 Å². The lowest BCUT2D eigenvalue weighted by atomic mass is 10.1.